The monoisotopic (exact) mass is 568 g/mol. The molecule has 11 heteroatoms. The summed E-state index contributed by atoms with van der Waals surface area (Å²) in [5, 5.41) is 35.4. The number of hydroxylamine groups is 1. The Morgan fingerprint density at radius 3 is 2.49 bits per heavy atom. The molecule has 7 atom stereocenters. The van der Waals surface area contributed by atoms with Gasteiger partial charge in [0.25, 0.3) is 0 Å². The summed E-state index contributed by atoms with van der Waals surface area (Å²) in [6.07, 6.45) is 0.942. The maximum atomic E-state index is 13.7. The highest BCUT2D eigenvalue weighted by Crippen LogP contribution is 2.66. The van der Waals surface area contributed by atoms with Gasteiger partial charge in [0, 0.05) is 25.0 Å². The number of Topliss-reactive ketones (excluding diaryl/α,β-unsaturated/α-hetero) is 1. The number of allylic oxidation sites excluding steroid dienone is 1. The average Bonchev–Trinajstić information content (AvgIpc) is 2.84. The van der Waals surface area contributed by atoms with Crippen molar-refractivity contribution in [3.8, 4) is 0 Å². The number of hydrogen-bond acceptors (Lipinski definition) is 9. The summed E-state index contributed by atoms with van der Waals surface area (Å²) in [6, 6.07) is 5.01. The maximum Gasteiger partial charge on any atom is 0.443 e. The van der Waals surface area contributed by atoms with Gasteiger partial charge in [0.15, 0.2) is 5.78 Å². The number of pyridine rings is 1. The number of carbonyl (C=O) groups is 3. The first-order valence-electron chi connectivity index (χ1n) is 13.0. The minimum atomic E-state index is -2.37. The van der Waals surface area contributed by atoms with Gasteiger partial charge in [-0.3, -0.25) is 9.78 Å². The van der Waals surface area contributed by atoms with Gasteiger partial charge in [-0.1, -0.05) is 39.8 Å². The van der Waals surface area contributed by atoms with Gasteiger partial charge in [-0.05, 0) is 49.1 Å². The quantitative estimate of drug-likeness (QED) is 0.220. The second kappa shape index (κ2) is 11.9. The van der Waals surface area contributed by atoms with E-state index in [0.717, 1.165) is 0 Å². The molecule has 1 amide bonds. The molecular weight excluding hydrogens is 528 g/mol. The van der Waals surface area contributed by atoms with E-state index in [4.69, 9.17) is 9.57 Å². The third-order valence-corrected chi connectivity index (χ3v) is 8.76. The molecular formula is C28H41ClN2O8. The Balaban J connectivity index is 0.00000533. The largest absolute Gasteiger partial charge is 0.443 e. The molecule has 0 bridgehead atoms. The Kier molecular flexibility index (Phi) is 9.99. The molecule has 2 aliphatic carbocycles. The lowest BCUT2D eigenvalue weighted by Crippen LogP contribution is -2.78. The summed E-state index contributed by atoms with van der Waals surface area (Å²) in [4.78, 5) is 47.5. The number of aliphatic hydroxyl groups is 3. The fourth-order valence-corrected chi connectivity index (χ4v) is 6.76. The summed E-state index contributed by atoms with van der Waals surface area (Å²) in [7, 11) is 0. The zero-order valence-corrected chi connectivity index (χ0v) is 24.0. The van der Waals surface area contributed by atoms with E-state index >= 15 is 0 Å². The zero-order valence-electron chi connectivity index (χ0n) is 23.2. The van der Waals surface area contributed by atoms with E-state index in [1.807, 2.05) is 19.3 Å². The van der Waals surface area contributed by atoms with Gasteiger partial charge in [-0.25, -0.2) is 9.59 Å². The number of ketones is 1. The van der Waals surface area contributed by atoms with Crippen molar-refractivity contribution < 1.29 is 39.3 Å². The highest BCUT2D eigenvalue weighted by atomic mass is 35.5. The number of hydrogen-bond donors (Lipinski definition) is 4. The molecule has 3 rings (SSSR count). The number of amides is 1. The fraction of sp³-hybridized carbons (Fsp3) is 0.643. The summed E-state index contributed by atoms with van der Waals surface area (Å²) < 4.78 is 5.49. The molecule has 10 nitrogen and oxygen atoms in total. The summed E-state index contributed by atoms with van der Waals surface area (Å²) >= 11 is 0. The van der Waals surface area contributed by atoms with Gasteiger partial charge in [0.1, 0.15) is 5.60 Å². The van der Waals surface area contributed by atoms with Crippen LogP contribution in [0.4, 0.5) is 4.79 Å². The Morgan fingerprint density at radius 1 is 1.23 bits per heavy atom. The summed E-state index contributed by atoms with van der Waals surface area (Å²) in [5.41, 5.74) is -2.24. The number of fused-ring (bicyclic) bond motifs is 1. The predicted molar refractivity (Wildman–Crippen MR) is 144 cm³/mol. The molecule has 0 aromatic carbocycles. The molecule has 0 radical (unpaired) electrons. The molecule has 0 saturated heterocycles. The van der Waals surface area contributed by atoms with Crippen LogP contribution in [0.25, 0.3) is 0 Å². The molecule has 4 N–H and O–H groups in total. The van der Waals surface area contributed by atoms with Crippen molar-refractivity contribution in [3.63, 3.8) is 0 Å². The Hall–Kier alpha value is -2.53. The third-order valence-electron chi connectivity index (χ3n) is 8.76. The lowest BCUT2D eigenvalue weighted by molar-refractivity contribution is -0.362. The van der Waals surface area contributed by atoms with E-state index in [-0.39, 0.29) is 44.0 Å². The van der Waals surface area contributed by atoms with Gasteiger partial charge < -0.3 is 24.9 Å². The van der Waals surface area contributed by atoms with Crippen molar-refractivity contribution in [2.45, 2.75) is 84.2 Å². The van der Waals surface area contributed by atoms with Crippen molar-refractivity contribution >= 4 is 30.3 Å². The molecule has 218 valence electrons. The van der Waals surface area contributed by atoms with Crippen molar-refractivity contribution in [3.05, 3.63) is 42.7 Å². The van der Waals surface area contributed by atoms with Crippen molar-refractivity contribution in [1.29, 1.82) is 0 Å². The SMILES string of the molecule is C=C[C@@H](C)CC(=O)[C@@]1(O)[C@@H](C)C[C@@H](O)[C@H]2C(C)(C)CC[C@@](O)(OC(=O)NOC(=O)Cc3ccccn3)[C@@]21C.Cl. The minimum absolute atomic E-state index is 0. The van der Waals surface area contributed by atoms with Gasteiger partial charge in [-0.15, -0.1) is 24.5 Å². The first-order valence-corrected chi connectivity index (χ1v) is 13.0. The average molecular weight is 569 g/mol. The van der Waals surface area contributed by atoms with E-state index in [0.29, 0.717) is 12.1 Å². The normalized spacial score (nSPS) is 33.9. The zero-order chi connectivity index (χ0) is 28.5. The first-order chi connectivity index (χ1) is 17.6. The highest BCUT2D eigenvalue weighted by Gasteiger charge is 2.76. The highest BCUT2D eigenvalue weighted by molar-refractivity contribution is 5.89. The van der Waals surface area contributed by atoms with E-state index in [1.165, 1.54) is 13.1 Å². The predicted octanol–water partition coefficient (Wildman–Crippen LogP) is 3.27. The van der Waals surface area contributed by atoms with Crippen LogP contribution in [0, 0.1) is 28.6 Å². The number of halogens is 1. The number of aromatic nitrogens is 1. The molecule has 1 aromatic rings. The van der Waals surface area contributed by atoms with Crippen LogP contribution in [-0.4, -0.2) is 55.6 Å². The molecule has 2 saturated carbocycles. The smallest absolute Gasteiger partial charge is 0.414 e. The lowest BCUT2D eigenvalue weighted by atomic mass is 9.41. The molecule has 1 heterocycles. The molecule has 39 heavy (non-hydrogen) atoms. The molecule has 2 fully saturated rings. The number of nitrogens with one attached hydrogen (secondary N) is 1. The first kappa shape index (κ1) is 32.7. The van der Waals surface area contributed by atoms with Crippen LogP contribution in [0.5, 0.6) is 0 Å². The standard InChI is InChI=1S/C28H40N2O8.ClH/c1-7-17(2)14-21(32)28(36)18(3)15-20(31)23-25(4,5)11-12-27(35,26(23,28)6)37-24(34)30-38-22(33)16-19-10-8-9-13-29-19;/h7-10,13,17-18,20,23,31,35-36H,1,11-12,14-16H2,2-6H3,(H,30,34);1H/t17-,18+,20-,23+,26-,27-,28+;/m1./s1. The number of carbonyl (C=O) groups excluding carboxylic acids is 3. The second-order valence-electron chi connectivity index (χ2n) is 11.7. The van der Waals surface area contributed by atoms with E-state index in [9.17, 15) is 29.7 Å². The van der Waals surface area contributed by atoms with E-state index in [1.54, 1.807) is 38.1 Å². The third kappa shape index (κ3) is 5.84. The number of aliphatic hydroxyl groups excluding tert-OH is 1. The van der Waals surface area contributed by atoms with E-state index < -0.39 is 58.0 Å². The summed E-state index contributed by atoms with van der Waals surface area (Å²) in [6.45, 7) is 12.4. The fourth-order valence-electron chi connectivity index (χ4n) is 6.76. The Labute approximate surface area is 235 Å². The molecule has 0 unspecified atom stereocenters. The topological polar surface area (TPSA) is 155 Å². The molecule has 0 aliphatic heterocycles. The molecule has 2 aliphatic rings. The van der Waals surface area contributed by atoms with Crippen LogP contribution in [0.2, 0.25) is 0 Å². The van der Waals surface area contributed by atoms with Gasteiger partial charge in [-0.2, -0.15) is 0 Å². The van der Waals surface area contributed by atoms with Gasteiger partial charge >= 0.3 is 12.1 Å². The maximum absolute atomic E-state index is 13.7. The molecule has 1 aromatic heterocycles. The van der Waals surface area contributed by atoms with Crippen LogP contribution in [-0.2, 0) is 25.6 Å². The van der Waals surface area contributed by atoms with Crippen molar-refractivity contribution in [1.82, 2.24) is 10.5 Å². The molecule has 0 spiro atoms. The minimum Gasteiger partial charge on any atom is -0.414 e. The van der Waals surface area contributed by atoms with Crippen LogP contribution in [0.15, 0.2) is 37.1 Å². The second-order valence-corrected chi connectivity index (χ2v) is 11.7. The van der Waals surface area contributed by atoms with Crippen LogP contribution in [0.3, 0.4) is 0 Å². The van der Waals surface area contributed by atoms with E-state index in [2.05, 4.69) is 11.6 Å². The number of rotatable bonds is 7. The lowest BCUT2D eigenvalue weighted by Gasteiger charge is -2.67. The van der Waals surface area contributed by atoms with Crippen LogP contribution >= 0.6 is 12.4 Å². The number of ether oxygens (including phenoxy) is 1. The number of nitrogens with zero attached hydrogens (tertiary/aromatic N) is 1. The van der Waals surface area contributed by atoms with Crippen molar-refractivity contribution in [2.24, 2.45) is 28.6 Å². The van der Waals surface area contributed by atoms with Crippen LogP contribution in [0.1, 0.15) is 66.0 Å². The summed E-state index contributed by atoms with van der Waals surface area (Å²) in [5.74, 6) is -5.53. The van der Waals surface area contributed by atoms with Crippen LogP contribution < -0.4 is 5.48 Å². The Morgan fingerprint density at radius 2 is 1.90 bits per heavy atom. The Bertz CT molecular complexity index is 1070. The van der Waals surface area contributed by atoms with Gasteiger partial charge in [0.2, 0.25) is 5.79 Å². The van der Waals surface area contributed by atoms with Crippen molar-refractivity contribution in [2.75, 3.05) is 0 Å². The van der Waals surface area contributed by atoms with Gasteiger partial charge in [0.05, 0.1) is 23.6 Å².